The maximum absolute atomic E-state index is 4.18. The monoisotopic (exact) mass is 190 g/mol. The molecule has 3 heterocycles. The van der Waals surface area contributed by atoms with Gasteiger partial charge in [-0.2, -0.15) is 0 Å². The molecular weight excluding hydrogens is 184 g/mol. The van der Waals surface area contributed by atoms with Crippen LogP contribution in [0.5, 0.6) is 0 Å². The van der Waals surface area contributed by atoms with Crippen LogP contribution in [0.3, 0.4) is 0 Å². The zero-order chi connectivity index (χ0) is 8.84. The second-order valence-corrected chi connectivity index (χ2v) is 3.78. The van der Waals surface area contributed by atoms with Gasteiger partial charge in [0.25, 0.3) is 0 Å². The molecule has 0 aliphatic carbocycles. The van der Waals surface area contributed by atoms with Gasteiger partial charge in [0.1, 0.15) is 23.4 Å². The van der Waals surface area contributed by atoms with E-state index in [1.165, 1.54) is 0 Å². The van der Waals surface area contributed by atoms with Crippen LogP contribution in [0, 0.1) is 0 Å². The minimum atomic E-state index is 0.716. The Balaban J connectivity index is 2.39. The van der Waals surface area contributed by atoms with Crippen LogP contribution in [0.1, 0.15) is 0 Å². The van der Waals surface area contributed by atoms with Crippen molar-refractivity contribution in [3.05, 3.63) is 19.2 Å². The largest absolute Gasteiger partial charge is 0.297 e. The van der Waals surface area contributed by atoms with E-state index in [0.717, 1.165) is 22.2 Å². The topological polar surface area (TPSA) is 43.6 Å². The van der Waals surface area contributed by atoms with Crippen molar-refractivity contribution < 1.29 is 0 Å². The lowest BCUT2D eigenvalue weighted by molar-refractivity contribution is 0.900. The summed E-state index contributed by atoms with van der Waals surface area (Å²) in [6.07, 6.45) is 3.30. The quantitative estimate of drug-likeness (QED) is 0.588. The molecule has 5 heteroatoms. The van der Waals surface area contributed by atoms with E-state index >= 15 is 0 Å². The first-order valence-corrected chi connectivity index (χ1v) is 4.84. The Morgan fingerprint density at radius 2 is 2.31 bits per heavy atom. The molecule has 0 radical (unpaired) electrons. The second kappa shape index (κ2) is 2.32. The third-order valence-corrected chi connectivity index (χ3v) is 3.15. The summed E-state index contributed by atoms with van der Waals surface area (Å²) in [6.45, 7) is 3.94. The first-order chi connectivity index (χ1) is 6.36. The standard InChI is InChI=1S/C8H6N4S/c1-5-2-13-8-6-7(10-3-9-6)11-4-12(5)8/h3-4H,1-2H2. The molecule has 3 rings (SSSR count). The molecule has 0 aromatic rings. The molecule has 0 unspecified atom stereocenters. The van der Waals surface area contributed by atoms with Crippen LogP contribution in [-0.4, -0.2) is 25.3 Å². The van der Waals surface area contributed by atoms with Crippen LogP contribution in [0.2, 0.25) is 0 Å². The summed E-state index contributed by atoms with van der Waals surface area (Å²) in [5.41, 5.74) is 1.93. The molecule has 0 aromatic carbocycles. The van der Waals surface area contributed by atoms with Crippen LogP contribution < -0.4 is 0 Å². The molecule has 0 fully saturated rings. The molecule has 3 aliphatic rings. The highest BCUT2D eigenvalue weighted by Crippen LogP contribution is 2.37. The van der Waals surface area contributed by atoms with Gasteiger partial charge < -0.3 is 0 Å². The lowest BCUT2D eigenvalue weighted by atomic mass is 10.4. The fraction of sp³-hybridized carbons (Fsp3) is 0.125. The molecule has 0 amide bonds. The highest BCUT2D eigenvalue weighted by molar-refractivity contribution is 8.00. The van der Waals surface area contributed by atoms with E-state index in [-0.39, 0.29) is 0 Å². The predicted molar refractivity (Wildman–Crippen MR) is 50.5 cm³/mol. The molecule has 64 valence electrons. The van der Waals surface area contributed by atoms with Crippen LogP contribution in [-0.2, 0) is 0 Å². The predicted octanol–water partition coefficient (Wildman–Crippen LogP) is 1.35. The molecule has 0 bridgehead atoms. The lowest BCUT2D eigenvalue weighted by Crippen LogP contribution is -1.99. The van der Waals surface area contributed by atoms with Gasteiger partial charge in [-0.05, 0) is 0 Å². The molecule has 3 aliphatic heterocycles. The summed E-state index contributed by atoms with van der Waals surface area (Å²) in [4.78, 5) is 12.4. The Morgan fingerprint density at radius 1 is 1.38 bits per heavy atom. The van der Waals surface area contributed by atoms with Gasteiger partial charge in [0, 0.05) is 11.4 Å². The first kappa shape index (κ1) is 7.08. The van der Waals surface area contributed by atoms with Gasteiger partial charge in [0.2, 0.25) is 0 Å². The molecule has 4 nitrogen and oxygen atoms in total. The Labute approximate surface area is 79.1 Å². The number of rotatable bonds is 0. The fourth-order valence-electron chi connectivity index (χ4n) is 1.37. The van der Waals surface area contributed by atoms with Crippen molar-refractivity contribution in [2.24, 2.45) is 0 Å². The second-order valence-electron chi connectivity index (χ2n) is 2.82. The van der Waals surface area contributed by atoms with Gasteiger partial charge in [-0.3, -0.25) is 4.57 Å². The Kier molecular flexibility index (Phi) is 1.26. The normalized spacial score (nSPS) is 15.2. The number of imidazole rings is 1. The summed E-state index contributed by atoms with van der Waals surface area (Å²) < 4.78 is 1.97. The van der Waals surface area contributed by atoms with E-state index in [2.05, 4.69) is 21.5 Å². The summed E-state index contributed by atoms with van der Waals surface area (Å²) in [5.74, 6) is 1.63. The van der Waals surface area contributed by atoms with Crippen molar-refractivity contribution in [1.29, 1.82) is 0 Å². The van der Waals surface area contributed by atoms with Crippen molar-refractivity contribution in [1.82, 2.24) is 19.5 Å². The van der Waals surface area contributed by atoms with Gasteiger partial charge in [-0.15, -0.1) is 0 Å². The fourth-order valence-corrected chi connectivity index (χ4v) is 2.41. The maximum Gasteiger partial charge on any atom is 0.183 e. The smallest absolute Gasteiger partial charge is 0.183 e. The van der Waals surface area contributed by atoms with E-state index in [9.17, 15) is 0 Å². The molecule has 0 N–H and O–H groups in total. The molecule has 0 saturated heterocycles. The number of fused-ring (bicyclic) bond motifs is 3. The number of hydrogen-bond acceptors (Lipinski definition) is 4. The van der Waals surface area contributed by atoms with Gasteiger partial charge in [-0.1, -0.05) is 18.3 Å². The number of thioether (sulfide) groups is 1. The summed E-state index contributed by atoms with van der Waals surface area (Å²) in [5, 5.41) is 1.10. The Morgan fingerprint density at radius 3 is 3.23 bits per heavy atom. The number of hydrogen-bond donors (Lipinski definition) is 0. The highest BCUT2D eigenvalue weighted by Gasteiger charge is 2.22. The van der Waals surface area contributed by atoms with E-state index in [4.69, 9.17) is 0 Å². The maximum atomic E-state index is 4.18. The van der Waals surface area contributed by atoms with Crippen LogP contribution in [0.25, 0.3) is 17.2 Å². The van der Waals surface area contributed by atoms with Crippen molar-refractivity contribution in [2.75, 3.05) is 5.75 Å². The van der Waals surface area contributed by atoms with E-state index in [0.29, 0.717) is 5.82 Å². The summed E-state index contributed by atoms with van der Waals surface area (Å²) in [7, 11) is 0. The third-order valence-electron chi connectivity index (χ3n) is 2.01. The Bertz CT molecular complexity index is 461. The van der Waals surface area contributed by atoms with Crippen LogP contribution >= 0.6 is 11.8 Å². The van der Waals surface area contributed by atoms with Crippen molar-refractivity contribution in [3.8, 4) is 11.5 Å². The average Bonchev–Trinajstić information content (AvgIpc) is 2.70. The average molecular weight is 190 g/mol. The third kappa shape index (κ3) is 0.846. The zero-order valence-corrected chi connectivity index (χ0v) is 7.58. The van der Waals surface area contributed by atoms with Crippen molar-refractivity contribution in [3.63, 3.8) is 0 Å². The first-order valence-electron chi connectivity index (χ1n) is 3.85. The van der Waals surface area contributed by atoms with Gasteiger partial charge in [-0.25, -0.2) is 15.0 Å². The lowest BCUT2D eigenvalue weighted by Gasteiger charge is -2.04. The van der Waals surface area contributed by atoms with Crippen molar-refractivity contribution >= 4 is 17.5 Å². The van der Waals surface area contributed by atoms with Gasteiger partial charge in [0.15, 0.2) is 5.82 Å². The highest BCUT2D eigenvalue weighted by atomic mass is 32.2. The van der Waals surface area contributed by atoms with Gasteiger partial charge in [0.05, 0.1) is 0 Å². The van der Waals surface area contributed by atoms with Crippen molar-refractivity contribution in [2.45, 2.75) is 5.03 Å². The van der Waals surface area contributed by atoms with E-state index in [1.807, 2.05) is 4.57 Å². The molecule has 13 heavy (non-hydrogen) atoms. The summed E-state index contributed by atoms with van der Waals surface area (Å²) in [6, 6.07) is 0. The minimum absolute atomic E-state index is 0.716. The SMILES string of the molecule is C=C1CSc2c3ncnc-3ncn21. The molecule has 0 atom stereocenters. The van der Waals surface area contributed by atoms with E-state index in [1.54, 1.807) is 24.4 Å². The van der Waals surface area contributed by atoms with Gasteiger partial charge >= 0.3 is 0 Å². The zero-order valence-electron chi connectivity index (χ0n) is 6.77. The number of nitrogens with zero attached hydrogens (tertiary/aromatic N) is 4. The molecule has 0 aromatic heterocycles. The number of aromatic nitrogens is 4. The summed E-state index contributed by atoms with van der Waals surface area (Å²) >= 11 is 1.73. The molecule has 0 saturated carbocycles. The van der Waals surface area contributed by atoms with E-state index < -0.39 is 0 Å². The minimum Gasteiger partial charge on any atom is -0.297 e. The van der Waals surface area contributed by atoms with Crippen LogP contribution in [0.15, 0.2) is 24.3 Å². The molecular formula is C8H6N4S. The Hall–Kier alpha value is -1.36. The van der Waals surface area contributed by atoms with Crippen LogP contribution in [0.4, 0.5) is 0 Å². The molecule has 0 spiro atoms.